The molecule has 1 atom stereocenters. The highest BCUT2D eigenvalue weighted by atomic mass is 19.1. The summed E-state index contributed by atoms with van der Waals surface area (Å²) in [7, 11) is 8.12. The van der Waals surface area contributed by atoms with Crippen molar-refractivity contribution < 1.29 is 50.2 Å². The maximum atomic E-state index is 14.6. The van der Waals surface area contributed by atoms with Crippen LogP contribution < -0.4 is 18.3 Å². The Labute approximate surface area is 689 Å². The van der Waals surface area contributed by atoms with Gasteiger partial charge in [0.1, 0.15) is 39.8 Å². The lowest BCUT2D eigenvalue weighted by Gasteiger charge is -2.10. The third-order valence-electron chi connectivity index (χ3n) is 22.3. The quantitative estimate of drug-likeness (QED) is 0.124. The summed E-state index contributed by atoms with van der Waals surface area (Å²) < 4.78 is 92.4. The van der Waals surface area contributed by atoms with Crippen LogP contribution in [0.5, 0.6) is 0 Å². The fraction of sp³-hybridized carbons (Fsp3) is 0.154. The molecule has 14 heteroatoms. The molecule has 12 nitrogen and oxygen atoms in total. The van der Waals surface area contributed by atoms with Crippen LogP contribution in [-0.4, -0.2) is 19.9 Å². The van der Waals surface area contributed by atoms with Crippen LogP contribution in [0.4, 0.5) is 8.78 Å². The average molecular weight is 1560 g/mol. The first-order valence-corrected chi connectivity index (χ1v) is 39.4. The van der Waals surface area contributed by atoms with E-state index in [0.717, 1.165) is 161 Å². The molecule has 12 aromatic heterocycles. The third kappa shape index (κ3) is 14.8. The predicted molar refractivity (Wildman–Crippen MR) is 471 cm³/mol. The van der Waals surface area contributed by atoms with Crippen molar-refractivity contribution in [2.75, 3.05) is 0 Å². The molecule has 0 saturated carbocycles. The second kappa shape index (κ2) is 31.7. The summed E-state index contributed by atoms with van der Waals surface area (Å²) in [5.41, 5.74) is 31.8. The van der Waals surface area contributed by atoms with E-state index in [4.69, 9.17) is 23.2 Å². The number of hydrogen-bond acceptors (Lipinski definition) is 8. The van der Waals surface area contributed by atoms with E-state index in [0.29, 0.717) is 22.9 Å². The van der Waals surface area contributed by atoms with E-state index < -0.39 is 18.6 Å². The van der Waals surface area contributed by atoms with E-state index in [1.807, 2.05) is 113 Å². The molecular formula is C104H90F2N8O4+4. The molecule has 0 saturated heterocycles. The number of hydrogen-bond donors (Lipinski definition) is 0. The topological polar surface area (TPSA) is 120 Å². The van der Waals surface area contributed by atoms with Gasteiger partial charge in [0, 0.05) is 120 Å². The first-order valence-electron chi connectivity index (χ1n) is 41.4. The Bertz CT molecular complexity index is 7280. The number of benzene rings is 8. The number of rotatable bonds is 10. The Morgan fingerprint density at radius 3 is 1.15 bits per heavy atom. The fourth-order valence-corrected chi connectivity index (χ4v) is 16.0. The maximum absolute atomic E-state index is 14.6. The molecule has 20 aromatic rings. The zero-order chi connectivity index (χ0) is 85.3. The number of halogens is 2. The standard InChI is InChI=1S/C28H26FN2O.C26H23N2O.C25H20FN2O.C25H21N2O/c1-17(2)14-21-15-19(8-11-24(21)29)20-9-12-25(31(4)16-20)26-18(3)7-10-22-23-6-5-13-30-28(23)32-27(22)26;1-16-5-9-19(10-6-16)20-13-14-28(4)23(15-20)24-17(2)7-11-21-22-12-8-18(3)27-26(22)29-25(21)24;1-15-4-10-20-21-11-5-16(2)27-25(21)29-24(20)23(15)22-14-18(12-13-28(22)3)17-6-8-19(26)9-7-17;1-16-9-11-20-21-12-10-17(2)26-25(21)28-24(20)23(16)22-15-19(13-14-27(22)3)18-7-5-4-6-8-18/h5-13,15-17H,14H2,1-4H3;5-15H,1-4H3;4-14H,1-3H3;4-15H,1-3H3/q4*+1/i1D3,17D;;;. The van der Waals surface area contributed by atoms with Crippen LogP contribution in [-0.2, 0) is 34.6 Å². The first-order chi connectivity index (χ1) is 58.6. The second-order valence-corrected chi connectivity index (χ2v) is 30.9. The van der Waals surface area contributed by atoms with Crippen LogP contribution in [0.2, 0.25) is 0 Å². The minimum Gasteiger partial charge on any atom is -0.437 e. The zero-order valence-electron chi connectivity index (χ0n) is 72.2. The van der Waals surface area contributed by atoms with Gasteiger partial charge < -0.3 is 17.7 Å². The van der Waals surface area contributed by atoms with Gasteiger partial charge in [-0.3, -0.25) is 0 Å². The molecule has 0 aliphatic rings. The van der Waals surface area contributed by atoms with Crippen LogP contribution in [0.3, 0.4) is 0 Å². The average Bonchev–Trinajstić information content (AvgIpc) is 1.60. The summed E-state index contributed by atoms with van der Waals surface area (Å²) in [6.07, 6.45) is 9.71. The number of pyridine rings is 8. The highest BCUT2D eigenvalue weighted by Crippen LogP contribution is 2.43. The van der Waals surface area contributed by atoms with Crippen molar-refractivity contribution in [3.63, 3.8) is 0 Å². The van der Waals surface area contributed by atoms with Crippen molar-refractivity contribution in [1.82, 2.24) is 19.9 Å². The summed E-state index contributed by atoms with van der Waals surface area (Å²) >= 11 is 0. The first kappa shape index (κ1) is 71.8. The van der Waals surface area contributed by atoms with E-state index in [-0.39, 0.29) is 17.8 Å². The van der Waals surface area contributed by atoms with Gasteiger partial charge in [0.2, 0.25) is 45.6 Å². The lowest BCUT2D eigenvalue weighted by atomic mass is 9.97. The molecule has 0 aliphatic heterocycles. The molecule has 1 unspecified atom stereocenters. The lowest BCUT2D eigenvalue weighted by molar-refractivity contribution is -0.660. The summed E-state index contributed by atoms with van der Waals surface area (Å²) in [5.74, 6) is -2.54. The molecule has 0 radical (unpaired) electrons. The predicted octanol–water partition coefficient (Wildman–Crippen LogP) is 24.5. The largest absolute Gasteiger partial charge is 0.437 e. The molecule has 12 heterocycles. The molecule has 580 valence electrons. The molecule has 0 fully saturated rings. The van der Waals surface area contributed by atoms with Crippen molar-refractivity contribution in [3.8, 4) is 89.5 Å². The van der Waals surface area contributed by atoms with Crippen LogP contribution in [0.25, 0.3) is 178 Å². The molecule has 0 aliphatic carbocycles. The highest BCUT2D eigenvalue weighted by Gasteiger charge is 2.28. The third-order valence-corrected chi connectivity index (χ3v) is 22.3. The Kier molecular flexibility index (Phi) is 19.3. The molecule has 118 heavy (non-hydrogen) atoms. The van der Waals surface area contributed by atoms with Gasteiger partial charge in [0.15, 0.2) is 47.1 Å². The van der Waals surface area contributed by atoms with Crippen molar-refractivity contribution in [3.05, 3.63) is 336 Å². The zero-order valence-corrected chi connectivity index (χ0v) is 68.2. The Hall–Kier alpha value is -14.0. The number of aryl methyl sites for hydroxylation is 12. The number of fused-ring (bicyclic) bond motifs is 12. The molecule has 20 rings (SSSR count). The summed E-state index contributed by atoms with van der Waals surface area (Å²) in [6, 6.07) is 80.5. The van der Waals surface area contributed by atoms with Crippen molar-refractivity contribution in [2.45, 2.75) is 75.6 Å². The van der Waals surface area contributed by atoms with Gasteiger partial charge in [-0.15, -0.1) is 0 Å². The van der Waals surface area contributed by atoms with Gasteiger partial charge in [-0.1, -0.05) is 141 Å². The van der Waals surface area contributed by atoms with Crippen LogP contribution >= 0.6 is 0 Å². The molecule has 8 aromatic carbocycles. The van der Waals surface area contributed by atoms with E-state index in [9.17, 15) is 8.78 Å². The number of furan rings is 4. The monoisotopic (exact) mass is 1560 g/mol. The Balaban J connectivity index is 0.000000116. The SMILES string of the molecule is Cc1ccc(-c2cc[n+](C)c(-c3c(C)ccc4c3oc3nc(C)ccc34)c2)cc1.Cc1ccc2c(n1)oc1c(-c3cc(-c4ccc(F)cc4)cc[n+]3C)c(C)ccc12.Cc1ccc2c(n1)oc1c(-c3cc(-c4ccccc4)cc[n+]3C)c(C)ccc12.[2H]C([2H])([2H])C([2H])(C)Cc1cc(-c2ccc(-c3c(C)ccc4c3oc3ncccc34)[n+](C)c2)ccc1F. The van der Waals surface area contributed by atoms with Crippen molar-refractivity contribution >= 4 is 88.3 Å². The number of nitrogens with zero attached hydrogens (tertiary/aromatic N) is 8. The minimum absolute atomic E-state index is 0.211. The summed E-state index contributed by atoms with van der Waals surface area (Å²) in [4.78, 5) is 18.1. The second-order valence-electron chi connectivity index (χ2n) is 30.9. The van der Waals surface area contributed by atoms with Gasteiger partial charge in [0.25, 0.3) is 0 Å². The highest BCUT2D eigenvalue weighted by molar-refractivity contribution is 6.12. The molecular weight excluding hydrogens is 1460 g/mol. The van der Waals surface area contributed by atoms with Crippen molar-refractivity contribution in [2.24, 2.45) is 34.1 Å². The van der Waals surface area contributed by atoms with Crippen molar-refractivity contribution in [1.29, 1.82) is 0 Å². The Morgan fingerprint density at radius 2 is 0.720 bits per heavy atom. The minimum atomic E-state index is -2.52. The van der Waals surface area contributed by atoms with Crippen LogP contribution in [0.1, 0.15) is 69.7 Å². The summed E-state index contributed by atoms with van der Waals surface area (Å²) in [6.45, 7) is 15.3. The molecule has 0 bridgehead atoms. The summed E-state index contributed by atoms with van der Waals surface area (Å²) in [5, 5.41) is 8.36. The van der Waals surface area contributed by atoms with Gasteiger partial charge in [-0.25, -0.2) is 47.0 Å². The van der Waals surface area contributed by atoms with Crippen LogP contribution in [0, 0.1) is 72.9 Å². The van der Waals surface area contributed by atoms with Gasteiger partial charge in [-0.05, 0) is 213 Å². The van der Waals surface area contributed by atoms with Gasteiger partial charge in [-0.2, -0.15) is 0 Å². The van der Waals surface area contributed by atoms with E-state index in [1.54, 1.807) is 30.5 Å². The van der Waals surface area contributed by atoms with E-state index in [1.165, 1.54) is 64.1 Å². The fourth-order valence-electron chi connectivity index (χ4n) is 16.0. The molecule has 0 spiro atoms. The lowest BCUT2D eigenvalue weighted by Crippen LogP contribution is -2.31. The Morgan fingerprint density at radius 1 is 0.347 bits per heavy atom. The van der Waals surface area contributed by atoms with Crippen LogP contribution in [0.15, 0.2) is 291 Å². The van der Waals surface area contributed by atoms with Gasteiger partial charge in [0.05, 0.1) is 22.3 Å². The van der Waals surface area contributed by atoms with E-state index in [2.05, 4.69) is 233 Å². The molecule has 0 N–H and O–H groups in total. The smallest absolute Gasteiger partial charge is 0.227 e. The van der Waals surface area contributed by atoms with Gasteiger partial charge >= 0.3 is 0 Å². The normalized spacial score (nSPS) is 12.6. The maximum Gasteiger partial charge on any atom is 0.227 e. The molecule has 0 amide bonds. The van der Waals surface area contributed by atoms with E-state index >= 15 is 0 Å². The number of aromatic nitrogens is 8.